The van der Waals surface area contributed by atoms with E-state index in [1.807, 2.05) is 18.2 Å². The molecule has 0 radical (unpaired) electrons. The Balaban J connectivity index is 2.58. The maximum atomic E-state index is 12.1. The van der Waals surface area contributed by atoms with Gasteiger partial charge in [0.25, 0.3) is 5.56 Å². The Hall–Kier alpha value is -2.34. The van der Waals surface area contributed by atoms with Crippen LogP contribution in [0.25, 0.3) is 11.3 Å². The molecule has 2 aromatic rings. The van der Waals surface area contributed by atoms with Crippen LogP contribution in [0, 0.1) is 25.2 Å². The van der Waals surface area contributed by atoms with Gasteiger partial charge in [0.1, 0.15) is 0 Å². The van der Waals surface area contributed by atoms with Crippen molar-refractivity contribution in [2.75, 3.05) is 0 Å². The van der Waals surface area contributed by atoms with Gasteiger partial charge in [-0.3, -0.25) is 4.79 Å². The monoisotopic (exact) mass is 252 g/mol. The topological polar surface area (TPSA) is 45.8 Å². The van der Waals surface area contributed by atoms with E-state index in [9.17, 15) is 4.79 Å². The minimum atomic E-state index is -0.0997. The van der Waals surface area contributed by atoms with Crippen molar-refractivity contribution in [3.8, 4) is 17.3 Å². The van der Waals surface area contributed by atoms with Gasteiger partial charge in [0, 0.05) is 12.6 Å². The fraction of sp³-hybridized carbons (Fsp3) is 0.250. The molecule has 0 amide bonds. The Morgan fingerprint density at radius 2 is 1.89 bits per heavy atom. The first-order chi connectivity index (χ1) is 9.04. The Morgan fingerprint density at radius 3 is 2.53 bits per heavy atom. The first-order valence-corrected chi connectivity index (χ1v) is 6.18. The summed E-state index contributed by atoms with van der Waals surface area (Å²) in [6.45, 7) is 4.12. The molecule has 1 heterocycles. The highest BCUT2D eigenvalue weighted by Gasteiger charge is 2.08. The molecule has 0 saturated carbocycles. The number of nitrogens with zero attached hydrogens (tertiary/aromatic N) is 2. The number of aryl methyl sites for hydroxylation is 2. The average Bonchev–Trinajstić information content (AvgIpc) is 2.39. The van der Waals surface area contributed by atoms with Gasteiger partial charge in [-0.05, 0) is 42.7 Å². The zero-order chi connectivity index (χ0) is 14.0. The van der Waals surface area contributed by atoms with E-state index in [0.717, 1.165) is 11.3 Å². The van der Waals surface area contributed by atoms with Crippen molar-refractivity contribution in [3.05, 3.63) is 57.4 Å². The zero-order valence-corrected chi connectivity index (χ0v) is 11.4. The van der Waals surface area contributed by atoms with Crippen LogP contribution in [0.15, 0.2) is 35.1 Å². The lowest BCUT2D eigenvalue weighted by molar-refractivity contribution is 0.852. The summed E-state index contributed by atoms with van der Waals surface area (Å²) in [5.41, 5.74) is 4.76. The largest absolute Gasteiger partial charge is 0.311 e. The summed E-state index contributed by atoms with van der Waals surface area (Å²) >= 11 is 0. The van der Waals surface area contributed by atoms with E-state index >= 15 is 0 Å². The molecule has 19 heavy (non-hydrogen) atoms. The van der Waals surface area contributed by atoms with Crippen molar-refractivity contribution in [2.24, 2.45) is 7.05 Å². The molecule has 0 saturated heterocycles. The number of nitriles is 1. The summed E-state index contributed by atoms with van der Waals surface area (Å²) in [6, 6.07) is 11.8. The van der Waals surface area contributed by atoms with E-state index in [1.54, 1.807) is 17.7 Å². The number of aromatic nitrogens is 1. The molecule has 0 atom stereocenters. The lowest BCUT2D eigenvalue weighted by atomic mass is 10.0. The molecule has 96 valence electrons. The second-order valence-corrected chi connectivity index (χ2v) is 4.74. The van der Waals surface area contributed by atoms with E-state index in [-0.39, 0.29) is 12.0 Å². The summed E-state index contributed by atoms with van der Waals surface area (Å²) in [6.07, 6.45) is 0.153. The van der Waals surface area contributed by atoms with Crippen LogP contribution in [0.5, 0.6) is 0 Å². The van der Waals surface area contributed by atoms with Gasteiger partial charge in [0.2, 0.25) is 0 Å². The Labute approximate surface area is 112 Å². The van der Waals surface area contributed by atoms with Crippen molar-refractivity contribution in [3.63, 3.8) is 0 Å². The molecule has 3 heteroatoms. The second kappa shape index (κ2) is 5.11. The maximum Gasteiger partial charge on any atom is 0.255 e. The van der Waals surface area contributed by atoms with Gasteiger partial charge in [-0.1, -0.05) is 18.2 Å². The molecule has 1 aromatic carbocycles. The molecule has 0 spiro atoms. The molecule has 1 aromatic heterocycles. The molecule has 0 N–H and O–H groups in total. The number of rotatable bonds is 2. The SMILES string of the molecule is Cc1ccc(-c2ccc(CC#N)c(=O)n2C)cc1C. The zero-order valence-electron chi connectivity index (χ0n) is 11.4. The van der Waals surface area contributed by atoms with Gasteiger partial charge in [-0.15, -0.1) is 0 Å². The van der Waals surface area contributed by atoms with Gasteiger partial charge >= 0.3 is 0 Å². The Kier molecular flexibility index (Phi) is 3.52. The third kappa shape index (κ3) is 2.43. The van der Waals surface area contributed by atoms with Crippen molar-refractivity contribution in [1.29, 1.82) is 5.26 Å². The third-order valence-electron chi connectivity index (χ3n) is 3.46. The minimum absolute atomic E-state index is 0.0997. The van der Waals surface area contributed by atoms with Crippen molar-refractivity contribution in [2.45, 2.75) is 20.3 Å². The van der Waals surface area contributed by atoms with Crippen LogP contribution in [0.2, 0.25) is 0 Å². The predicted molar refractivity (Wildman–Crippen MR) is 75.9 cm³/mol. The van der Waals surface area contributed by atoms with Crippen LogP contribution < -0.4 is 5.56 Å². The smallest absolute Gasteiger partial charge is 0.255 e. The van der Waals surface area contributed by atoms with Crippen LogP contribution in [-0.2, 0) is 13.5 Å². The molecular weight excluding hydrogens is 236 g/mol. The molecule has 0 unspecified atom stereocenters. The highest BCUT2D eigenvalue weighted by molar-refractivity contribution is 5.61. The molecule has 0 fully saturated rings. The first-order valence-electron chi connectivity index (χ1n) is 6.18. The van der Waals surface area contributed by atoms with Crippen molar-refractivity contribution < 1.29 is 0 Å². The Morgan fingerprint density at radius 1 is 1.16 bits per heavy atom. The van der Waals surface area contributed by atoms with Gasteiger partial charge in [-0.2, -0.15) is 5.26 Å². The fourth-order valence-electron chi connectivity index (χ4n) is 2.10. The summed E-state index contributed by atoms with van der Waals surface area (Å²) < 4.78 is 1.61. The number of pyridine rings is 1. The molecule has 0 aliphatic rings. The summed E-state index contributed by atoms with van der Waals surface area (Å²) in [7, 11) is 1.74. The van der Waals surface area contributed by atoms with E-state index in [2.05, 4.69) is 26.0 Å². The lowest BCUT2D eigenvalue weighted by Gasteiger charge is -2.11. The van der Waals surface area contributed by atoms with Crippen LogP contribution in [0.1, 0.15) is 16.7 Å². The molecule has 3 nitrogen and oxygen atoms in total. The molecule has 0 bridgehead atoms. The fourth-order valence-corrected chi connectivity index (χ4v) is 2.10. The van der Waals surface area contributed by atoms with E-state index in [1.165, 1.54) is 11.1 Å². The predicted octanol–water partition coefficient (Wildman–Crippen LogP) is 2.74. The van der Waals surface area contributed by atoms with Crippen LogP contribution in [0.4, 0.5) is 0 Å². The van der Waals surface area contributed by atoms with E-state index < -0.39 is 0 Å². The standard InChI is InChI=1S/C16H16N2O/c1-11-4-5-14(10-12(11)2)15-7-6-13(8-9-17)16(19)18(15)3/h4-7,10H,8H2,1-3H3. The van der Waals surface area contributed by atoms with E-state index in [0.29, 0.717) is 5.56 Å². The lowest BCUT2D eigenvalue weighted by Crippen LogP contribution is -2.22. The number of benzene rings is 1. The second-order valence-electron chi connectivity index (χ2n) is 4.74. The summed E-state index contributed by atoms with van der Waals surface area (Å²) in [5.74, 6) is 0. The molecular formula is C16H16N2O. The van der Waals surface area contributed by atoms with Crippen molar-refractivity contribution in [1.82, 2.24) is 4.57 Å². The summed E-state index contributed by atoms with van der Waals surface area (Å²) in [5, 5.41) is 8.69. The normalized spacial score (nSPS) is 10.2. The molecule has 2 rings (SSSR count). The first kappa shape index (κ1) is 13.1. The Bertz CT molecular complexity index is 721. The van der Waals surface area contributed by atoms with Crippen LogP contribution in [0.3, 0.4) is 0 Å². The minimum Gasteiger partial charge on any atom is -0.311 e. The number of hydrogen-bond donors (Lipinski definition) is 0. The number of hydrogen-bond acceptors (Lipinski definition) is 2. The molecule has 0 aliphatic heterocycles. The maximum absolute atomic E-state index is 12.1. The molecule has 0 aliphatic carbocycles. The average molecular weight is 252 g/mol. The highest BCUT2D eigenvalue weighted by Crippen LogP contribution is 2.21. The van der Waals surface area contributed by atoms with Crippen molar-refractivity contribution >= 4 is 0 Å². The summed E-state index contributed by atoms with van der Waals surface area (Å²) in [4.78, 5) is 12.1. The highest BCUT2D eigenvalue weighted by atomic mass is 16.1. The van der Waals surface area contributed by atoms with Crippen LogP contribution in [-0.4, -0.2) is 4.57 Å². The van der Waals surface area contributed by atoms with Gasteiger partial charge in [-0.25, -0.2) is 0 Å². The quantitative estimate of drug-likeness (QED) is 0.825. The third-order valence-corrected chi connectivity index (χ3v) is 3.46. The van der Waals surface area contributed by atoms with Crippen LogP contribution >= 0.6 is 0 Å². The van der Waals surface area contributed by atoms with Gasteiger partial charge < -0.3 is 4.57 Å². The van der Waals surface area contributed by atoms with Gasteiger partial charge in [0.15, 0.2) is 0 Å². The van der Waals surface area contributed by atoms with E-state index in [4.69, 9.17) is 5.26 Å². The van der Waals surface area contributed by atoms with Gasteiger partial charge in [0.05, 0.1) is 18.2 Å².